The number of amides is 3. The first-order chi connectivity index (χ1) is 16.2. The van der Waals surface area contributed by atoms with Crippen molar-refractivity contribution in [2.45, 2.75) is 44.7 Å². The Balaban J connectivity index is 1.07. The van der Waals surface area contributed by atoms with Gasteiger partial charge in [0.05, 0.1) is 17.8 Å². The molecule has 0 aromatic heterocycles. The van der Waals surface area contributed by atoms with Gasteiger partial charge in [-0.25, -0.2) is 4.79 Å². The Morgan fingerprint density at radius 3 is 2.12 bits per heavy atom. The van der Waals surface area contributed by atoms with Gasteiger partial charge in [0.2, 0.25) is 5.91 Å². The van der Waals surface area contributed by atoms with Gasteiger partial charge in [-0.15, -0.1) is 0 Å². The summed E-state index contributed by atoms with van der Waals surface area (Å²) in [6.45, 7) is 2.78. The van der Waals surface area contributed by atoms with E-state index < -0.39 is 17.6 Å². The number of hydrogen-bond donors (Lipinski definition) is 2. The molecule has 4 saturated carbocycles. The Morgan fingerprint density at radius 2 is 1.53 bits per heavy atom. The van der Waals surface area contributed by atoms with Gasteiger partial charge in [-0.1, -0.05) is 12.1 Å². The standard InChI is InChI=1S/C25H33F3N4O2/c26-25(27,28)20-3-1-2-4-21(20)30-22(33)15-31-5-7-32(8-6-31)23(34)29-16-24-12-17-9-18(13-24)11-19(10-17)14-24/h1-4,17-19H,5-16H2,(H,29,34)(H,30,33). The van der Waals surface area contributed by atoms with Crippen LogP contribution in [0, 0.1) is 23.2 Å². The Hall–Kier alpha value is -2.29. The van der Waals surface area contributed by atoms with Crippen molar-refractivity contribution in [3.8, 4) is 0 Å². The highest BCUT2D eigenvalue weighted by Crippen LogP contribution is 2.59. The number of urea groups is 1. The Morgan fingerprint density at radius 1 is 0.941 bits per heavy atom. The maximum atomic E-state index is 13.1. The van der Waals surface area contributed by atoms with E-state index in [0.717, 1.165) is 30.4 Å². The monoisotopic (exact) mass is 478 g/mol. The molecule has 34 heavy (non-hydrogen) atoms. The minimum absolute atomic E-state index is 0.00503. The van der Waals surface area contributed by atoms with E-state index in [0.29, 0.717) is 26.2 Å². The number of para-hydroxylation sites is 1. The normalized spacial score (nSPS) is 30.9. The van der Waals surface area contributed by atoms with Crippen molar-refractivity contribution in [1.29, 1.82) is 0 Å². The van der Waals surface area contributed by atoms with E-state index in [1.165, 1.54) is 56.7 Å². The summed E-state index contributed by atoms with van der Waals surface area (Å²) in [7, 11) is 0. The van der Waals surface area contributed by atoms with E-state index >= 15 is 0 Å². The quantitative estimate of drug-likeness (QED) is 0.667. The number of piperazine rings is 1. The van der Waals surface area contributed by atoms with Crippen molar-refractivity contribution in [2.75, 3.05) is 44.6 Å². The SMILES string of the molecule is O=C(CN1CCN(C(=O)NCC23CC4CC(CC(C4)C2)C3)CC1)Nc1ccccc1C(F)(F)F. The molecule has 4 bridgehead atoms. The zero-order valence-electron chi connectivity index (χ0n) is 19.4. The van der Waals surface area contributed by atoms with Crippen molar-refractivity contribution in [2.24, 2.45) is 23.2 Å². The van der Waals surface area contributed by atoms with E-state index in [9.17, 15) is 22.8 Å². The molecule has 1 heterocycles. The number of carbonyl (C=O) groups is 2. The molecular formula is C25H33F3N4O2. The number of halogens is 3. The number of benzene rings is 1. The maximum Gasteiger partial charge on any atom is 0.418 e. The van der Waals surface area contributed by atoms with Crippen molar-refractivity contribution in [1.82, 2.24) is 15.1 Å². The van der Waals surface area contributed by atoms with Gasteiger partial charge in [-0.3, -0.25) is 9.69 Å². The molecule has 1 aliphatic heterocycles. The zero-order chi connectivity index (χ0) is 23.9. The first-order valence-corrected chi connectivity index (χ1v) is 12.4. The summed E-state index contributed by atoms with van der Waals surface area (Å²) in [6, 6.07) is 4.93. The maximum absolute atomic E-state index is 13.1. The predicted molar refractivity (Wildman–Crippen MR) is 122 cm³/mol. The molecule has 1 aromatic carbocycles. The fourth-order valence-electron chi connectivity index (χ4n) is 7.22. The van der Waals surface area contributed by atoms with Gasteiger partial charge in [0.1, 0.15) is 0 Å². The Kier molecular flexibility index (Phi) is 6.25. The summed E-state index contributed by atoms with van der Waals surface area (Å²) in [6.07, 6.45) is 3.36. The average molecular weight is 479 g/mol. The second kappa shape index (κ2) is 9.06. The molecule has 6 rings (SSSR count). The summed E-state index contributed by atoms with van der Waals surface area (Å²) in [4.78, 5) is 28.8. The lowest BCUT2D eigenvalue weighted by Crippen LogP contribution is -2.56. The third kappa shape index (κ3) is 5.04. The highest BCUT2D eigenvalue weighted by molar-refractivity contribution is 5.93. The van der Waals surface area contributed by atoms with Gasteiger partial charge in [0.25, 0.3) is 0 Å². The fourth-order valence-corrected chi connectivity index (χ4v) is 7.22. The lowest BCUT2D eigenvalue weighted by atomic mass is 9.49. The molecule has 1 aromatic rings. The second-order valence-corrected chi connectivity index (χ2v) is 10.9. The van der Waals surface area contributed by atoms with Crippen molar-refractivity contribution < 1.29 is 22.8 Å². The summed E-state index contributed by atoms with van der Waals surface area (Å²) >= 11 is 0. The molecule has 2 N–H and O–H groups in total. The van der Waals surface area contributed by atoms with Crippen LogP contribution >= 0.6 is 0 Å². The van der Waals surface area contributed by atoms with E-state index in [2.05, 4.69) is 10.6 Å². The van der Waals surface area contributed by atoms with Crippen LogP contribution < -0.4 is 10.6 Å². The third-order valence-corrected chi connectivity index (χ3v) is 8.31. The first-order valence-electron chi connectivity index (χ1n) is 12.4. The fraction of sp³-hybridized carbons (Fsp3) is 0.680. The molecule has 0 unspecified atom stereocenters. The molecule has 0 atom stereocenters. The Bertz CT molecular complexity index is 892. The lowest BCUT2D eigenvalue weighted by molar-refractivity contribution is -0.137. The Labute approximate surface area is 198 Å². The van der Waals surface area contributed by atoms with E-state index in [1.54, 1.807) is 4.90 Å². The summed E-state index contributed by atoms with van der Waals surface area (Å²) in [5.41, 5.74) is -0.802. The summed E-state index contributed by atoms with van der Waals surface area (Å²) < 4.78 is 39.4. The van der Waals surface area contributed by atoms with Crippen LogP contribution in [0.4, 0.5) is 23.7 Å². The highest BCUT2D eigenvalue weighted by Gasteiger charge is 2.50. The van der Waals surface area contributed by atoms with Crippen LogP contribution in [0.15, 0.2) is 24.3 Å². The highest BCUT2D eigenvalue weighted by atomic mass is 19.4. The van der Waals surface area contributed by atoms with Crippen LogP contribution in [-0.4, -0.2) is 61.0 Å². The van der Waals surface area contributed by atoms with Gasteiger partial charge in [0, 0.05) is 32.7 Å². The van der Waals surface area contributed by atoms with Crippen LogP contribution in [0.25, 0.3) is 0 Å². The van der Waals surface area contributed by atoms with Gasteiger partial charge in [-0.2, -0.15) is 13.2 Å². The molecule has 186 valence electrons. The van der Waals surface area contributed by atoms with Crippen LogP contribution in [0.2, 0.25) is 0 Å². The molecule has 0 radical (unpaired) electrons. The minimum Gasteiger partial charge on any atom is -0.337 e. The summed E-state index contributed by atoms with van der Waals surface area (Å²) in [5, 5.41) is 5.59. The molecule has 0 spiro atoms. The predicted octanol–water partition coefficient (Wildman–Crippen LogP) is 4.19. The first kappa shape index (κ1) is 23.5. The average Bonchev–Trinajstić information content (AvgIpc) is 2.77. The third-order valence-electron chi connectivity index (χ3n) is 8.31. The molecule has 6 nitrogen and oxygen atoms in total. The topological polar surface area (TPSA) is 64.7 Å². The molecular weight excluding hydrogens is 445 g/mol. The molecule has 9 heteroatoms. The van der Waals surface area contributed by atoms with Crippen LogP contribution in [0.3, 0.4) is 0 Å². The minimum atomic E-state index is -4.53. The largest absolute Gasteiger partial charge is 0.418 e. The lowest BCUT2D eigenvalue weighted by Gasteiger charge is -2.57. The van der Waals surface area contributed by atoms with Crippen molar-refractivity contribution in [3.05, 3.63) is 29.8 Å². The number of anilines is 1. The second-order valence-electron chi connectivity index (χ2n) is 10.9. The van der Waals surface area contributed by atoms with Crippen LogP contribution in [0.1, 0.15) is 44.1 Å². The zero-order valence-corrected chi connectivity index (χ0v) is 19.4. The smallest absolute Gasteiger partial charge is 0.337 e. The number of alkyl halides is 3. The number of rotatable bonds is 5. The molecule has 3 amide bonds. The van der Waals surface area contributed by atoms with E-state index in [-0.39, 0.29) is 23.7 Å². The van der Waals surface area contributed by atoms with Crippen molar-refractivity contribution in [3.63, 3.8) is 0 Å². The molecule has 5 fully saturated rings. The van der Waals surface area contributed by atoms with E-state index in [1.807, 2.05) is 4.90 Å². The molecule has 4 aliphatic carbocycles. The molecule has 5 aliphatic rings. The number of carbonyl (C=O) groups excluding carboxylic acids is 2. The number of nitrogens with one attached hydrogen (secondary N) is 2. The number of nitrogens with zero attached hydrogens (tertiary/aromatic N) is 2. The van der Waals surface area contributed by atoms with E-state index in [4.69, 9.17) is 0 Å². The van der Waals surface area contributed by atoms with Gasteiger partial charge in [0.15, 0.2) is 0 Å². The van der Waals surface area contributed by atoms with Crippen LogP contribution in [-0.2, 0) is 11.0 Å². The summed E-state index contributed by atoms with van der Waals surface area (Å²) in [5.74, 6) is 2.05. The molecule has 1 saturated heterocycles. The van der Waals surface area contributed by atoms with Crippen LogP contribution in [0.5, 0.6) is 0 Å². The number of hydrogen-bond acceptors (Lipinski definition) is 3. The van der Waals surface area contributed by atoms with Crippen molar-refractivity contribution >= 4 is 17.6 Å². The van der Waals surface area contributed by atoms with Gasteiger partial charge < -0.3 is 15.5 Å². The van der Waals surface area contributed by atoms with Gasteiger partial charge in [-0.05, 0) is 73.8 Å². The van der Waals surface area contributed by atoms with Gasteiger partial charge >= 0.3 is 12.2 Å².